The van der Waals surface area contributed by atoms with Gasteiger partial charge in [0, 0.05) is 53.9 Å². The number of H-pyrrole nitrogens is 1. The molecule has 0 bridgehead atoms. The number of nitrogens with two attached hydrogens (primary N) is 1. The summed E-state index contributed by atoms with van der Waals surface area (Å²) in [5.41, 5.74) is 8.03. The third kappa shape index (κ3) is 5.46. The number of nitrogens with zero attached hydrogens (tertiary/aromatic N) is 2. The highest BCUT2D eigenvalue weighted by Crippen LogP contribution is 2.35. The molecule has 3 aromatic rings. The summed E-state index contributed by atoms with van der Waals surface area (Å²) in [6.45, 7) is 5.51. The average Bonchev–Trinajstić information content (AvgIpc) is 3.42. The van der Waals surface area contributed by atoms with Crippen LogP contribution in [0.3, 0.4) is 0 Å². The van der Waals surface area contributed by atoms with Crippen LogP contribution in [0.4, 0.5) is 0 Å². The number of aromatic amines is 1. The lowest BCUT2D eigenvalue weighted by Gasteiger charge is -2.46. The number of carbonyl (C=O) groups is 2. The molecule has 2 fully saturated rings. The van der Waals surface area contributed by atoms with Crippen molar-refractivity contribution in [1.29, 1.82) is 0 Å². The second-order valence-electron chi connectivity index (χ2n) is 11.0. The van der Waals surface area contributed by atoms with E-state index in [1.807, 2.05) is 48.5 Å². The number of Topliss-reactive ketones (excluding diaryl/α,β-unsaturated/α-hetero) is 1. The summed E-state index contributed by atoms with van der Waals surface area (Å²) in [7, 11) is 1.62. The van der Waals surface area contributed by atoms with Gasteiger partial charge in [0.1, 0.15) is 17.3 Å². The minimum atomic E-state index is -1.53. The molecular formula is C31H41N5O3. The van der Waals surface area contributed by atoms with E-state index in [9.17, 15) is 9.59 Å². The number of likely N-dealkylation sites (tertiary alicyclic amines) is 2. The zero-order valence-electron chi connectivity index (χ0n) is 23.1. The number of rotatable bonds is 9. The molecule has 1 amide bonds. The monoisotopic (exact) mass is 531 g/mol. The van der Waals surface area contributed by atoms with Crippen molar-refractivity contribution in [2.24, 2.45) is 5.73 Å². The Hall–Kier alpha value is -3.20. The van der Waals surface area contributed by atoms with E-state index in [0.29, 0.717) is 30.4 Å². The predicted octanol–water partition coefficient (Wildman–Crippen LogP) is 3.55. The molecular weight excluding hydrogens is 490 g/mol. The zero-order valence-corrected chi connectivity index (χ0v) is 23.1. The molecule has 2 aliphatic rings. The maximum Gasteiger partial charge on any atom is 0.240 e. The SMILES string of the molecule is COc1ccccc1CNC(=O)C(N1CCC(N2CCCCC2)CC1)C(N)(C(C)=O)c1c[nH]c2ccccc12. The van der Waals surface area contributed by atoms with Gasteiger partial charge in [0.15, 0.2) is 5.78 Å². The van der Waals surface area contributed by atoms with Gasteiger partial charge in [-0.1, -0.05) is 42.8 Å². The predicted molar refractivity (Wildman–Crippen MR) is 153 cm³/mol. The van der Waals surface area contributed by atoms with Crippen LogP contribution in [-0.2, 0) is 21.7 Å². The molecule has 0 aliphatic carbocycles. The number of ether oxygens (including phenoxy) is 1. The maximum atomic E-state index is 14.1. The van der Waals surface area contributed by atoms with Crippen molar-refractivity contribution in [2.75, 3.05) is 33.3 Å². The van der Waals surface area contributed by atoms with Gasteiger partial charge in [-0.05, 0) is 57.8 Å². The van der Waals surface area contributed by atoms with Gasteiger partial charge in [-0.25, -0.2) is 0 Å². The fourth-order valence-corrected chi connectivity index (χ4v) is 6.52. The van der Waals surface area contributed by atoms with Crippen molar-refractivity contribution in [3.63, 3.8) is 0 Å². The van der Waals surface area contributed by atoms with Gasteiger partial charge in [-0.15, -0.1) is 0 Å². The largest absolute Gasteiger partial charge is 0.496 e. The number of para-hydroxylation sites is 2. The molecule has 8 heteroatoms. The lowest BCUT2D eigenvalue weighted by molar-refractivity contribution is -0.137. The number of amides is 1. The summed E-state index contributed by atoms with van der Waals surface area (Å²) >= 11 is 0. The van der Waals surface area contributed by atoms with Gasteiger partial charge in [-0.3, -0.25) is 14.5 Å². The van der Waals surface area contributed by atoms with Gasteiger partial charge < -0.3 is 25.7 Å². The molecule has 8 nitrogen and oxygen atoms in total. The molecule has 2 saturated heterocycles. The van der Waals surface area contributed by atoms with Crippen molar-refractivity contribution in [2.45, 2.75) is 63.2 Å². The Morgan fingerprint density at radius 3 is 2.46 bits per heavy atom. The zero-order chi connectivity index (χ0) is 27.4. The van der Waals surface area contributed by atoms with E-state index in [2.05, 4.69) is 20.1 Å². The highest BCUT2D eigenvalue weighted by Gasteiger charge is 2.50. The molecule has 0 saturated carbocycles. The van der Waals surface area contributed by atoms with E-state index in [1.54, 1.807) is 13.3 Å². The number of hydrogen-bond acceptors (Lipinski definition) is 6. The van der Waals surface area contributed by atoms with E-state index in [0.717, 1.165) is 42.4 Å². The van der Waals surface area contributed by atoms with E-state index in [1.165, 1.54) is 26.2 Å². The summed E-state index contributed by atoms with van der Waals surface area (Å²) in [6.07, 6.45) is 7.53. The summed E-state index contributed by atoms with van der Waals surface area (Å²) in [6, 6.07) is 15.1. The second-order valence-corrected chi connectivity index (χ2v) is 11.0. The standard InChI is InChI=1S/C31H41N5O3/c1-22(37)31(32,26-21-33-27-12-6-5-11-25(26)27)29(30(38)34-20-23-10-4-7-13-28(23)39-2)36-18-14-24(15-19-36)35-16-8-3-9-17-35/h4-7,10-13,21,24,29,33H,3,8-9,14-20,32H2,1-2H3,(H,34,38). The molecule has 0 radical (unpaired) electrons. The summed E-state index contributed by atoms with van der Waals surface area (Å²) in [4.78, 5) is 35.7. The number of hydrogen-bond donors (Lipinski definition) is 3. The molecule has 4 N–H and O–H groups in total. The summed E-state index contributed by atoms with van der Waals surface area (Å²) < 4.78 is 5.49. The molecule has 2 atom stereocenters. The lowest BCUT2D eigenvalue weighted by Crippen LogP contribution is -2.67. The Balaban J connectivity index is 1.46. The Kier molecular flexibility index (Phi) is 8.35. The summed E-state index contributed by atoms with van der Waals surface area (Å²) in [5, 5.41) is 3.96. The number of piperidine rings is 2. The number of nitrogens with one attached hydrogen (secondary N) is 2. The normalized spacial score (nSPS) is 19.9. The Bertz CT molecular complexity index is 1290. The first-order valence-corrected chi connectivity index (χ1v) is 14.2. The van der Waals surface area contributed by atoms with Crippen LogP contribution in [-0.4, -0.2) is 71.8 Å². The van der Waals surface area contributed by atoms with Gasteiger partial charge in [0.25, 0.3) is 0 Å². The second kappa shape index (κ2) is 11.9. The third-order valence-corrected chi connectivity index (χ3v) is 8.71. The number of aromatic nitrogens is 1. The molecule has 208 valence electrons. The van der Waals surface area contributed by atoms with E-state index < -0.39 is 11.6 Å². The van der Waals surface area contributed by atoms with E-state index in [4.69, 9.17) is 10.5 Å². The maximum absolute atomic E-state index is 14.1. The Morgan fingerprint density at radius 2 is 1.74 bits per heavy atom. The van der Waals surface area contributed by atoms with Crippen LogP contribution < -0.4 is 15.8 Å². The topological polar surface area (TPSA) is 104 Å². The molecule has 2 unspecified atom stereocenters. The van der Waals surface area contributed by atoms with Gasteiger partial charge in [0.2, 0.25) is 5.91 Å². The molecule has 39 heavy (non-hydrogen) atoms. The number of benzene rings is 2. The van der Waals surface area contributed by atoms with Crippen LogP contribution in [0.2, 0.25) is 0 Å². The minimum Gasteiger partial charge on any atom is -0.496 e. The van der Waals surface area contributed by atoms with E-state index >= 15 is 0 Å². The fraction of sp³-hybridized carbons (Fsp3) is 0.484. The Labute approximate surface area is 230 Å². The third-order valence-electron chi connectivity index (χ3n) is 8.71. The lowest BCUT2D eigenvalue weighted by atomic mass is 9.78. The summed E-state index contributed by atoms with van der Waals surface area (Å²) in [5.74, 6) is 0.224. The molecule has 5 rings (SSSR count). The number of carbonyl (C=O) groups excluding carboxylic acids is 2. The first-order chi connectivity index (χ1) is 18.9. The van der Waals surface area contributed by atoms with Crippen molar-refractivity contribution in [3.05, 3.63) is 65.9 Å². The number of ketones is 1. The molecule has 1 aromatic heterocycles. The van der Waals surface area contributed by atoms with Crippen molar-refractivity contribution < 1.29 is 14.3 Å². The molecule has 2 aromatic carbocycles. The first-order valence-electron chi connectivity index (χ1n) is 14.2. The smallest absolute Gasteiger partial charge is 0.240 e. The van der Waals surface area contributed by atoms with Crippen LogP contribution in [0.25, 0.3) is 10.9 Å². The van der Waals surface area contributed by atoms with Gasteiger partial charge in [0.05, 0.1) is 7.11 Å². The van der Waals surface area contributed by atoms with Crippen LogP contribution in [0.5, 0.6) is 5.75 Å². The van der Waals surface area contributed by atoms with Crippen LogP contribution in [0.1, 0.15) is 50.2 Å². The first kappa shape index (κ1) is 27.4. The van der Waals surface area contributed by atoms with Crippen molar-refractivity contribution in [3.8, 4) is 5.75 Å². The van der Waals surface area contributed by atoms with Crippen LogP contribution >= 0.6 is 0 Å². The fourth-order valence-electron chi connectivity index (χ4n) is 6.52. The minimum absolute atomic E-state index is 0.233. The van der Waals surface area contributed by atoms with Gasteiger partial charge in [-0.2, -0.15) is 0 Å². The average molecular weight is 532 g/mol. The quantitative estimate of drug-likeness (QED) is 0.390. The molecule has 2 aliphatic heterocycles. The number of fused-ring (bicyclic) bond motifs is 1. The van der Waals surface area contributed by atoms with Crippen molar-refractivity contribution in [1.82, 2.24) is 20.1 Å². The molecule has 0 spiro atoms. The van der Waals surface area contributed by atoms with Crippen LogP contribution in [0, 0.1) is 0 Å². The Morgan fingerprint density at radius 1 is 1.05 bits per heavy atom. The number of methoxy groups -OCH3 is 1. The molecule has 3 heterocycles. The van der Waals surface area contributed by atoms with Crippen LogP contribution in [0.15, 0.2) is 54.7 Å². The highest BCUT2D eigenvalue weighted by molar-refractivity contribution is 6.00. The highest BCUT2D eigenvalue weighted by atomic mass is 16.5. The van der Waals surface area contributed by atoms with Crippen molar-refractivity contribution >= 4 is 22.6 Å². The van der Waals surface area contributed by atoms with E-state index in [-0.39, 0.29) is 18.2 Å². The van der Waals surface area contributed by atoms with Gasteiger partial charge >= 0.3 is 0 Å².